The number of hydrogen-bond donors (Lipinski definition) is 1. The molecule has 0 bridgehead atoms. The van der Waals surface area contributed by atoms with Gasteiger partial charge in [-0.3, -0.25) is 9.78 Å². The molecule has 2 aromatic carbocycles. The molecule has 0 spiro atoms. The second-order valence-corrected chi connectivity index (χ2v) is 8.11. The van der Waals surface area contributed by atoms with Crippen LogP contribution in [0, 0.1) is 0 Å². The van der Waals surface area contributed by atoms with E-state index < -0.39 is 11.4 Å². The molecule has 1 saturated carbocycles. The molecule has 0 unspecified atom stereocenters. The average molecular weight is 371 g/mol. The van der Waals surface area contributed by atoms with Gasteiger partial charge < -0.3 is 5.11 Å². The van der Waals surface area contributed by atoms with Crippen LogP contribution in [-0.2, 0) is 15.6 Å². The Hall–Kier alpha value is -2.94. The predicted molar refractivity (Wildman–Crippen MR) is 111 cm³/mol. The van der Waals surface area contributed by atoms with Gasteiger partial charge in [-0.1, -0.05) is 67.6 Å². The van der Waals surface area contributed by atoms with Crippen molar-refractivity contribution in [2.45, 2.75) is 43.4 Å². The molecule has 0 atom stereocenters. The van der Waals surface area contributed by atoms with Crippen molar-refractivity contribution in [2.24, 2.45) is 0 Å². The summed E-state index contributed by atoms with van der Waals surface area (Å²) in [5.74, 6) is -0.708. The lowest BCUT2D eigenvalue weighted by Gasteiger charge is -2.43. The summed E-state index contributed by atoms with van der Waals surface area (Å²) in [6.07, 6.45) is 4.84. The van der Waals surface area contributed by atoms with Gasteiger partial charge in [-0.05, 0) is 54.4 Å². The van der Waals surface area contributed by atoms with Crippen LogP contribution in [0.25, 0.3) is 11.3 Å². The van der Waals surface area contributed by atoms with Gasteiger partial charge in [0.05, 0.1) is 11.1 Å². The van der Waals surface area contributed by atoms with E-state index >= 15 is 0 Å². The Morgan fingerprint density at radius 3 is 2.07 bits per heavy atom. The molecule has 0 amide bonds. The molecule has 0 aliphatic heterocycles. The number of nitrogens with zero attached hydrogens (tertiary/aromatic N) is 1. The van der Waals surface area contributed by atoms with Crippen molar-refractivity contribution in [1.82, 2.24) is 4.98 Å². The highest BCUT2D eigenvalue weighted by molar-refractivity contribution is 5.81. The Labute approximate surface area is 166 Å². The fraction of sp³-hybridized carbons (Fsp3) is 0.280. The number of hydrogen-bond acceptors (Lipinski definition) is 2. The van der Waals surface area contributed by atoms with E-state index in [1.807, 2.05) is 54.7 Å². The minimum absolute atomic E-state index is 0.0415. The lowest BCUT2D eigenvalue weighted by Crippen LogP contribution is -2.43. The van der Waals surface area contributed by atoms with Gasteiger partial charge in [-0.15, -0.1) is 0 Å². The smallest absolute Gasteiger partial charge is 0.314 e. The first-order chi connectivity index (χ1) is 13.5. The SMILES string of the molecule is CC1(c2ccnc(-c3ccccc3)c2)CCC(C(=O)O)(c2ccccc2)CC1. The Bertz CT molecular complexity index is 958. The van der Waals surface area contributed by atoms with Crippen LogP contribution in [-0.4, -0.2) is 16.1 Å². The Balaban J connectivity index is 1.63. The summed E-state index contributed by atoms with van der Waals surface area (Å²) < 4.78 is 0. The molecule has 0 saturated heterocycles. The van der Waals surface area contributed by atoms with Crippen molar-refractivity contribution in [2.75, 3.05) is 0 Å². The second kappa shape index (κ2) is 7.23. The van der Waals surface area contributed by atoms with E-state index in [4.69, 9.17) is 0 Å². The monoisotopic (exact) mass is 371 g/mol. The third-order valence-electron chi connectivity index (χ3n) is 6.47. The van der Waals surface area contributed by atoms with E-state index in [1.165, 1.54) is 5.56 Å². The van der Waals surface area contributed by atoms with E-state index in [9.17, 15) is 9.90 Å². The average Bonchev–Trinajstić information content (AvgIpc) is 2.76. The number of rotatable bonds is 4. The maximum absolute atomic E-state index is 12.3. The van der Waals surface area contributed by atoms with Gasteiger partial charge >= 0.3 is 5.97 Å². The third kappa shape index (κ3) is 3.22. The first-order valence-electron chi connectivity index (χ1n) is 9.84. The van der Waals surface area contributed by atoms with Gasteiger partial charge in [-0.25, -0.2) is 0 Å². The van der Waals surface area contributed by atoms with Crippen molar-refractivity contribution in [3.8, 4) is 11.3 Å². The van der Waals surface area contributed by atoms with Crippen LogP contribution in [0.15, 0.2) is 79.0 Å². The first-order valence-corrected chi connectivity index (χ1v) is 9.84. The molecule has 3 heteroatoms. The van der Waals surface area contributed by atoms with E-state index in [0.717, 1.165) is 29.7 Å². The quantitative estimate of drug-likeness (QED) is 0.649. The van der Waals surface area contributed by atoms with Gasteiger partial charge in [0, 0.05) is 11.8 Å². The highest BCUT2D eigenvalue weighted by Gasteiger charge is 2.47. The number of carbonyl (C=O) groups is 1. The summed E-state index contributed by atoms with van der Waals surface area (Å²) in [6, 6.07) is 24.2. The molecule has 1 heterocycles. The van der Waals surface area contributed by atoms with Crippen molar-refractivity contribution in [3.63, 3.8) is 0 Å². The maximum Gasteiger partial charge on any atom is 0.314 e. The number of aliphatic carboxylic acids is 1. The molecule has 28 heavy (non-hydrogen) atoms. The Morgan fingerprint density at radius 1 is 0.857 bits per heavy atom. The molecule has 1 aromatic heterocycles. The number of aromatic nitrogens is 1. The fourth-order valence-electron chi connectivity index (χ4n) is 4.47. The topological polar surface area (TPSA) is 50.2 Å². The van der Waals surface area contributed by atoms with E-state index in [2.05, 4.69) is 36.2 Å². The Kier molecular flexibility index (Phi) is 4.76. The van der Waals surface area contributed by atoms with Crippen molar-refractivity contribution < 1.29 is 9.90 Å². The first kappa shape index (κ1) is 18.4. The predicted octanol–water partition coefficient (Wildman–Crippen LogP) is 5.60. The largest absolute Gasteiger partial charge is 0.481 e. The van der Waals surface area contributed by atoms with Crippen LogP contribution in [0.5, 0.6) is 0 Å². The second-order valence-electron chi connectivity index (χ2n) is 8.11. The third-order valence-corrected chi connectivity index (χ3v) is 6.47. The molecule has 142 valence electrons. The number of pyridine rings is 1. The molecular weight excluding hydrogens is 346 g/mol. The van der Waals surface area contributed by atoms with Crippen LogP contribution in [0.3, 0.4) is 0 Å². The minimum Gasteiger partial charge on any atom is -0.481 e. The standard InChI is InChI=1S/C25H25NO2/c1-24(21-12-17-26-22(18-21)19-8-4-2-5-9-19)13-15-25(16-14-24,23(27)28)20-10-6-3-7-11-20/h2-12,17-18H,13-16H2,1H3,(H,27,28). The molecule has 1 aliphatic rings. The van der Waals surface area contributed by atoms with E-state index in [-0.39, 0.29) is 5.41 Å². The normalized spacial score (nSPS) is 24.6. The van der Waals surface area contributed by atoms with Gasteiger partial charge in [0.1, 0.15) is 0 Å². The van der Waals surface area contributed by atoms with Gasteiger partial charge in [0.15, 0.2) is 0 Å². The van der Waals surface area contributed by atoms with Crippen LogP contribution < -0.4 is 0 Å². The van der Waals surface area contributed by atoms with Gasteiger partial charge in [-0.2, -0.15) is 0 Å². The summed E-state index contributed by atoms with van der Waals surface area (Å²) in [4.78, 5) is 16.8. The summed E-state index contributed by atoms with van der Waals surface area (Å²) in [5, 5.41) is 10.1. The molecular formula is C25H25NO2. The molecule has 3 nitrogen and oxygen atoms in total. The molecule has 1 aliphatic carbocycles. The van der Waals surface area contributed by atoms with Crippen LogP contribution in [0.1, 0.15) is 43.7 Å². The zero-order chi connectivity index (χ0) is 19.6. The summed E-state index contributed by atoms with van der Waals surface area (Å²) >= 11 is 0. The minimum atomic E-state index is -0.782. The lowest BCUT2D eigenvalue weighted by molar-refractivity contribution is -0.145. The van der Waals surface area contributed by atoms with Crippen LogP contribution >= 0.6 is 0 Å². The van der Waals surface area contributed by atoms with Crippen molar-refractivity contribution >= 4 is 5.97 Å². The molecule has 1 fully saturated rings. The van der Waals surface area contributed by atoms with Crippen LogP contribution in [0.4, 0.5) is 0 Å². The van der Waals surface area contributed by atoms with E-state index in [0.29, 0.717) is 12.8 Å². The van der Waals surface area contributed by atoms with Crippen LogP contribution in [0.2, 0.25) is 0 Å². The Morgan fingerprint density at radius 2 is 1.46 bits per heavy atom. The molecule has 0 radical (unpaired) electrons. The maximum atomic E-state index is 12.3. The van der Waals surface area contributed by atoms with E-state index in [1.54, 1.807) is 0 Å². The number of carboxylic acids is 1. The number of benzene rings is 2. The van der Waals surface area contributed by atoms with Crippen molar-refractivity contribution in [1.29, 1.82) is 0 Å². The van der Waals surface area contributed by atoms with Gasteiger partial charge in [0.2, 0.25) is 0 Å². The highest BCUT2D eigenvalue weighted by atomic mass is 16.4. The molecule has 3 aromatic rings. The fourth-order valence-corrected chi connectivity index (χ4v) is 4.47. The summed E-state index contributed by atoms with van der Waals surface area (Å²) in [6.45, 7) is 2.26. The molecule has 4 rings (SSSR count). The molecule has 1 N–H and O–H groups in total. The van der Waals surface area contributed by atoms with Crippen molar-refractivity contribution in [3.05, 3.63) is 90.1 Å². The zero-order valence-corrected chi connectivity index (χ0v) is 16.1. The lowest BCUT2D eigenvalue weighted by atomic mass is 9.60. The summed E-state index contributed by atoms with van der Waals surface area (Å²) in [7, 11) is 0. The van der Waals surface area contributed by atoms with Gasteiger partial charge in [0.25, 0.3) is 0 Å². The zero-order valence-electron chi connectivity index (χ0n) is 16.1. The number of carboxylic acid groups (broad SMARTS) is 1. The summed E-state index contributed by atoms with van der Waals surface area (Å²) in [5.41, 5.74) is 3.42. The highest BCUT2D eigenvalue weighted by Crippen LogP contribution is 2.48.